The number of nitrogens with zero attached hydrogens (tertiary/aromatic N) is 1. The van der Waals surface area contributed by atoms with Gasteiger partial charge >= 0.3 is 0 Å². The maximum Gasteiger partial charge on any atom is 0.130 e. The molecule has 0 radical (unpaired) electrons. The molecule has 0 aliphatic rings. The van der Waals surface area contributed by atoms with Gasteiger partial charge < -0.3 is 0 Å². The monoisotopic (exact) mass is 313 g/mol. The van der Waals surface area contributed by atoms with Crippen molar-refractivity contribution >= 4 is 39.3 Å². The first-order valence-corrected chi connectivity index (χ1v) is 6.69. The number of aromatic nitrogens is 1. The molecule has 0 amide bonds. The van der Waals surface area contributed by atoms with Crippen LogP contribution < -0.4 is 0 Å². The van der Waals surface area contributed by atoms with Gasteiger partial charge in [0, 0.05) is 20.5 Å². The molecule has 1 aromatic carbocycles. The minimum atomic E-state index is 0.531. The molecule has 1 aromatic heterocycles. The van der Waals surface area contributed by atoms with Gasteiger partial charge in [-0.25, -0.2) is 4.98 Å². The van der Waals surface area contributed by atoms with E-state index in [4.69, 9.17) is 11.6 Å². The van der Waals surface area contributed by atoms with Gasteiger partial charge in [-0.15, -0.1) is 0 Å². The van der Waals surface area contributed by atoms with Crippen molar-refractivity contribution in [3.05, 3.63) is 51.7 Å². The summed E-state index contributed by atoms with van der Waals surface area (Å²) in [6.07, 6.45) is 1.79. The van der Waals surface area contributed by atoms with Crippen LogP contribution in [0.4, 0.5) is 0 Å². The molecule has 0 bridgehead atoms. The van der Waals surface area contributed by atoms with Crippen LogP contribution in [0.15, 0.2) is 50.8 Å². The lowest BCUT2D eigenvalue weighted by Gasteiger charge is -2.05. The Labute approximate surface area is 112 Å². The first-order valence-electron chi connectivity index (χ1n) is 4.71. The molecule has 82 valence electrons. The van der Waals surface area contributed by atoms with Gasteiger partial charge in [-0.1, -0.05) is 45.4 Å². The lowest BCUT2D eigenvalue weighted by Crippen LogP contribution is -1.83. The second kappa shape index (κ2) is 5.21. The fourth-order valence-corrected chi connectivity index (χ4v) is 2.99. The fraction of sp³-hybridized carbons (Fsp3) is 0.0833. The molecule has 2 aromatic rings. The summed E-state index contributed by atoms with van der Waals surface area (Å²) < 4.78 is 1.08. The van der Waals surface area contributed by atoms with Crippen molar-refractivity contribution in [1.29, 1.82) is 0 Å². The number of pyridine rings is 1. The Morgan fingerprint density at radius 2 is 2.12 bits per heavy atom. The lowest BCUT2D eigenvalue weighted by atomic mass is 10.3. The minimum absolute atomic E-state index is 0.531. The van der Waals surface area contributed by atoms with Gasteiger partial charge in [-0.3, -0.25) is 0 Å². The number of aryl methyl sites for hydroxylation is 1. The molecule has 1 heterocycles. The van der Waals surface area contributed by atoms with E-state index in [0.717, 1.165) is 14.9 Å². The van der Waals surface area contributed by atoms with Crippen LogP contribution in [-0.4, -0.2) is 4.98 Å². The van der Waals surface area contributed by atoms with Crippen LogP contribution in [0.2, 0.25) is 5.15 Å². The molecule has 0 N–H and O–H groups in total. The standard InChI is InChI=1S/C12H9BrClNS/c1-8-7-15-12(14)6-11(8)16-10-4-2-3-9(13)5-10/h2-7H,1H3. The van der Waals surface area contributed by atoms with Crippen LogP contribution in [0, 0.1) is 6.92 Å². The topological polar surface area (TPSA) is 12.9 Å². The van der Waals surface area contributed by atoms with Gasteiger partial charge in [0.05, 0.1) is 0 Å². The zero-order chi connectivity index (χ0) is 11.5. The van der Waals surface area contributed by atoms with Crippen molar-refractivity contribution in [3.63, 3.8) is 0 Å². The molecule has 0 aliphatic heterocycles. The van der Waals surface area contributed by atoms with E-state index in [-0.39, 0.29) is 0 Å². The van der Waals surface area contributed by atoms with Crippen molar-refractivity contribution < 1.29 is 0 Å². The maximum absolute atomic E-state index is 5.88. The molecule has 4 heteroatoms. The van der Waals surface area contributed by atoms with Gasteiger partial charge in [-0.2, -0.15) is 0 Å². The summed E-state index contributed by atoms with van der Waals surface area (Å²) in [6, 6.07) is 10.1. The second-order valence-corrected chi connectivity index (χ2v) is 5.75. The molecule has 0 saturated carbocycles. The Morgan fingerprint density at radius 1 is 1.31 bits per heavy atom. The van der Waals surface area contributed by atoms with E-state index in [1.165, 1.54) is 4.90 Å². The van der Waals surface area contributed by atoms with E-state index < -0.39 is 0 Å². The van der Waals surface area contributed by atoms with Crippen molar-refractivity contribution in [1.82, 2.24) is 4.98 Å². The number of halogens is 2. The summed E-state index contributed by atoms with van der Waals surface area (Å²) in [5.74, 6) is 0. The molecule has 2 rings (SSSR count). The quantitative estimate of drug-likeness (QED) is 0.727. The van der Waals surface area contributed by atoms with Gasteiger partial charge in [0.2, 0.25) is 0 Å². The summed E-state index contributed by atoms with van der Waals surface area (Å²) in [5.41, 5.74) is 1.13. The number of rotatable bonds is 2. The number of hydrogen-bond donors (Lipinski definition) is 0. The molecular weight excluding hydrogens is 306 g/mol. The largest absolute Gasteiger partial charge is 0.244 e. The van der Waals surface area contributed by atoms with E-state index >= 15 is 0 Å². The van der Waals surface area contributed by atoms with Crippen molar-refractivity contribution in [2.24, 2.45) is 0 Å². The SMILES string of the molecule is Cc1cnc(Cl)cc1Sc1cccc(Br)c1. The predicted molar refractivity (Wildman–Crippen MR) is 72.2 cm³/mol. The predicted octanol–water partition coefficient (Wildman–Crippen LogP) is 4.96. The van der Waals surface area contributed by atoms with E-state index in [9.17, 15) is 0 Å². The molecule has 1 nitrogen and oxygen atoms in total. The average molecular weight is 315 g/mol. The Hall–Kier alpha value is -0.510. The summed E-state index contributed by atoms with van der Waals surface area (Å²) in [5, 5.41) is 0.531. The molecular formula is C12H9BrClNS. The summed E-state index contributed by atoms with van der Waals surface area (Å²) in [4.78, 5) is 6.36. The maximum atomic E-state index is 5.88. The molecule has 0 fully saturated rings. The van der Waals surface area contributed by atoms with Crippen LogP contribution >= 0.6 is 39.3 Å². The Kier molecular flexibility index (Phi) is 3.90. The van der Waals surface area contributed by atoms with E-state index in [0.29, 0.717) is 5.15 Å². The first-order chi connectivity index (χ1) is 7.65. The van der Waals surface area contributed by atoms with Gasteiger partial charge in [0.25, 0.3) is 0 Å². The molecule has 0 unspecified atom stereocenters. The second-order valence-electron chi connectivity index (χ2n) is 3.33. The normalized spacial score (nSPS) is 10.4. The minimum Gasteiger partial charge on any atom is -0.244 e. The van der Waals surface area contributed by atoms with Crippen molar-refractivity contribution in [2.75, 3.05) is 0 Å². The van der Waals surface area contributed by atoms with E-state index in [1.807, 2.05) is 25.1 Å². The zero-order valence-corrected chi connectivity index (χ0v) is 11.7. The van der Waals surface area contributed by atoms with Crippen molar-refractivity contribution in [2.45, 2.75) is 16.7 Å². The first kappa shape index (κ1) is 12.0. The highest BCUT2D eigenvalue weighted by atomic mass is 79.9. The molecule has 0 atom stereocenters. The van der Waals surface area contributed by atoms with Crippen LogP contribution in [0.1, 0.15) is 5.56 Å². The summed E-state index contributed by atoms with van der Waals surface area (Å²) in [6.45, 7) is 2.03. The average Bonchev–Trinajstić information content (AvgIpc) is 2.24. The van der Waals surface area contributed by atoms with Crippen LogP contribution in [0.3, 0.4) is 0 Å². The molecule has 0 spiro atoms. The summed E-state index contributed by atoms with van der Waals surface area (Å²) in [7, 11) is 0. The third-order valence-electron chi connectivity index (χ3n) is 2.04. The number of hydrogen-bond acceptors (Lipinski definition) is 2. The van der Waals surface area contributed by atoms with Crippen molar-refractivity contribution in [3.8, 4) is 0 Å². The van der Waals surface area contributed by atoms with Crippen LogP contribution in [0.5, 0.6) is 0 Å². The van der Waals surface area contributed by atoms with E-state index in [1.54, 1.807) is 18.0 Å². The highest BCUT2D eigenvalue weighted by Crippen LogP contribution is 2.32. The van der Waals surface area contributed by atoms with Gasteiger partial charge in [-0.05, 0) is 36.8 Å². The van der Waals surface area contributed by atoms with Crippen LogP contribution in [-0.2, 0) is 0 Å². The third-order valence-corrected chi connectivity index (χ3v) is 3.89. The Morgan fingerprint density at radius 3 is 2.88 bits per heavy atom. The fourth-order valence-electron chi connectivity index (χ4n) is 1.25. The summed E-state index contributed by atoms with van der Waals surface area (Å²) >= 11 is 11.0. The Balaban J connectivity index is 2.30. The Bertz CT molecular complexity index is 516. The van der Waals surface area contributed by atoms with E-state index in [2.05, 4.69) is 33.0 Å². The molecule has 0 saturated heterocycles. The molecule has 0 aliphatic carbocycles. The smallest absolute Gasteiger partial charge is 0.130 e. The number of benzene rings is 1. The highest BCUT2D eigenvalue weighted by molar-refractivity contribution is 9.10. The third kappa shape index (κ3) is 3.00. The highest BCUT2D eigenvalue weighted by Gasteiger charge is 2.03. The molecule has 16 heavy (non-hydrogen) atoms. The zero-order valence-electron chi connectivity index (χ0n) is 8.58. The van der Waals surface area contributed by atoms with Crippen LogP contribution in [0.25, 0.3) is 0 Å². The van der Waals surface area contributed by atoms with Gasteiger partial charge in [0.1, 0.15) is 5.15 Å². The lowest BCUT2D eigenvalue weighted by molar-refractivity contribution is 1.18. The van der Waals surface area contributed by atoms with Gasteiger partial charge in [0.15, 0.2) is 0 Å².